The minimum absolute atomic E-state index is 0.126. The van der Waals surface area contributed by atoms with Crippen LogP contribution >= 0.6 is 0 Å². The van der Waals surface area contributed by atoms with Gasteiger partial charge in [0.2, 0.25) is 5.91 Å². The minimum atomic E-state index is -0.318. The van der Waals surface area contributed by atoms with Crippen LogP contribution in [-0.4, -0.2) is 64.9 Å². The number of halogens is 1. The first-order valence-corrected chi connectivity index (χ1v) is 10.0. The Morgan fingerprint density at radius 2 is 1.93 bits per heavy atom. The van der Waals surface area contributed by atoms with Crippen molar-refractivity contribution in [3.63, 3.8) is 0 Å². The van der Waals surface area contributed by atoms with E-state index in [-0.39, 0.29) is 23.7 Å². The predicted octanol–water partition coefficient (Wildman–Crippen LogP) is 2.43. The Morgan fingerprint density at radius 1 is 1.18 bits per heavy atom. The maximum atomic E-state index is 14.0. The van der Waals surface area contributed by atoms with Gasteiger partial charge in [-0.3, -0.25) is 14.5 Å². The molecule has 0 spiro atoms. The number of hydrogen-bond donors (Lipinski definition) is 2. The van der Waals surface area contributed by atoms with E-state index in [9.17, 15) is 14.0 Å². The highest BCUT2D eigenvalue weighted by Crippen LogP contribution is 2.26. The van der Waals surface area contributed by atoms with Crippen LogP contribution in [0, 0.1) is 12.7 Å². The molecule has 0 bridgehead atoms. The second kappa shape index (κ2) is 7.54. The third-order valence-electron chi connectivity index (χ3n) is 6.21. The second-order valence-corrected chi connectivity index (χ2v) is 8.02. The maximum absolute atomic E-state index is 14.0. The number of carbonyl (C=O) groups is 2. The number of piperazine rings is 1. The van der Waals surface area contributed by atoms with Gasteiger partial charge in [-0.25, -0.2) is 4.39 Å². The predicted molar refractivity (Wildman–Crippen MR) is 106 cm³/mol. The van der Waals surface area contributed by atoms with Gasteiger partial charge in [0, 0.05) is 50.6 Å². The van der Waals surface area contributed by atoms with Crippen molar-refractivity contribution in [2.24, 2.45) is 0 Å². The number of amides is 2. The number of aromatic nitrogens is 1. The summed E-state index contributed by atoms with van der Waals surface area (Å²) in [5.41, 5.74) is 2.00. The van der Waals surface area contributed by atoms with Crippen LogP contribution < -0.4 is 5.32 Å². The molecule has 1 aromatic carbocycles. The van der Waals surface area contributed by atoms with Gasteiger partial charge < -0.3 is 15.2 Å². The molecule has 0 radical (unpaired) electrons. The summed E-state index contributed by atoms with van der Waals surface area (Å²) in [5.74, 6) is -0.357. The summed E-state index contributed by atoms with van der Waals surface area (Å²) in [6.45, 7) is 6.87. The Bertz CT molecular complexity index is 862. The van der Waals surface area contributed by atoms with Crippen LogP contribution in [0.4, 0.5) is 4.39 Å². The molecule has 2 aromatic rings. The summed E-state index contributed by atoms with van der Waals surface area (Å²) < 4.78 is 14.0. The van der Waals surface area contributed by atoms with Crippen LogP contribution in [0.3, 0.4) is 0 Å². The van der Waals surface area contributed by atoms with Crippen molar-refractivity contribution >= 4 is 22.7 Å². The molecule has 2 heterocycles. The lowest BCUT2D eigenvalue weighted by Crippen LogP contribution is -2.51. The number of fused-ring (bicyclic) bond motifs is 1. The average Bonchev–Trinajstić information content (AvgIpc) is 3.33. The molecule has 2 amide bonds. The number of H-pyrrole nitrogens is 1. The second-order valence-electron chi connectivity index (χ2n) is 8.02. The van der Waals surface area contributed by atoms with Crippen molar-refractivity contribution in [3.05, 3.63) is 35.3 Å². The third-order valence-corrected chi connectivity index (χ3v) is 6.21. The molecule has 2 aliphatic rings. The molecule has 150 valence electrons. The Kier molecular flexibility index (Phi) is 5.10. The van der Waals surface area contributed by atoms with Gasteiger partial charge in [-0.15, -0.1) is 0 Å². The highest BCUT2D eigenvalue weighted by Gasteiger charge is 2.32. The topological polar surface area (TPSA) is 68.4 Å². The molecular formula is C21H27FN4O2. The van der Waals surface area contributed by atoms with E-state index in [4.69, 9.17) is 0 Å². The Balaban J connectivity index is 1.36. The number of nitrogens with zero attached hydrogens (tertiary/aromatic N) is 2. The van der Waals surface area contributed by atoms with Gasteiger partial charge in [-0.2, -0.15) is 0 Å². The lowest BCUT2D eigenvalue weighted by atomic mass is 10.1. The van der Waals surface area contributed by atoms with Gasteiger partial charge in [0.25, 0.3) is 5.91 Å². The summed E-state index contributed by atoms with van der Waals surface area (Å²) in [6.07, 6.45) is 2.90. The number of hydrogen-bond acceptors (Lipinski definition) is 3. The zero-order valence-electron chi connectivity index (χ0n) is 16.4. The molecule has 1 aliphatic heterocycles. The zero-order valence-corrected chi connectivity index (χ0v) is 16.4. The Hall–Kier alpha value is -2.41. The van der Waals surface area contributed by atoms with Crippen LogP contribution in [0.25, 0.3) is 10.9 Å². The van der Waals surface area contributed by atoms with E-state index in [0.717, 1.165) is 51.0 Å². The van der Waals surface area contributed by atoms with Crippen molar-refractivity contribution in [1.29, 1.82) is 0 Å². The normalized spacial score (nSPS) is 23.3. The van der Waals surface area contributed by atoms with Gasteiger partial charge in [-0.05, 0) is 43.9 Å². The van der Waals surface area contributed by atoms with Crippen molar-refractivity contribution < 1.29 is 14.0 Å². The van der Waals surface area contributed by atoms with E-state index in [1.54, 1.807) is 19.1 Å². The molecule has 2 fully saturated rings. The first-order chi connectivity index (χ1) is 13.4. The van der Waals surface area contributed by atoms with E-state index >= 15 is 0 Å². The van der Waals surface area contributed by atoms with Crippen LogP contribution in [0.5, 0.6) is 0 Å². The van der Waals surface area contributed by atoms with Gasteiger partial charge in [0.05, 0.1) is 5.52 Å². The number of nitrogens with one attached hydrogen (secondary N) is 2. The standard InChI is InChI=1S/C21H27FN4O2/c1-13-3-6-18(22)17-12-19(24-20(13)17)21(28)23-15-4-5-16(11-15)26-9-7-25(8-10-26)14(2)27/h3,6,12,15-16,24H,4-5,7-11H2,1-2H3,(H,23,28). The summed E-state index contributed by atoms with van der Waals surface area (Å²) in [4.78, 5) is 31.5. The molecule has 2 N–H and O–H groups in total. The van der Waals surface area contributed by atoms with Gasteiger partial charge in [-0.1, -0.05) is 6.07 Å². The number of benzene rings is 1. The third kappa shape index (κ3) is 3.63. The number of carbonyl (C=O) groups excluding carboxylic acids is 2. The molecule has 28 heavy (non-hydrogen) atoms. The zero-order chi connectivity index (χ0) is 19.8. The monoisotopic (exact) mass is 386 g/mol. The SMILES string of the molecule is CC(=O)N1CCN(C2CCC(NC(=O)c3cc4c(F)ccc(C)c4[nH]3)C2)CC1. The number of rotatable bonds is 3. The highest BCUT2D eigenvalue weighted by molar-refractivity contribution is 5.99. The van der Waals surface area contributed by atoms with Crippen LogP contribution in [0.1, 0.15) is 42.2 Å². The minimum Gasteiger partial charge on any atom is -0.350 e. The molecule has 4 rings (SSSR count). The fourth-order valence-corrected chi connectivity index (χ4v) is 4.53. The fraction of sp³-hybridized carbons (Fsp3) is 0.524. The average molecular weight is 386 g/mol. The van der Waals surface area contributed by atoms with Crippen molar-refractivity contribution in [2.45, 2.75) is 45.2 Å². The van der Waals surface area contributed by atoms with E-state index in [1.165, 1.54) is 6.07 Å². The molecule has 1 aliphatic carbocycles. The van der Waals surface area contributed by atoms with E-state index < -0.39 is 0 Å². The summed E-state index contributed by atoms with van der Waals surface area (Å²) in [7, 11) is 0. The molecule has 7 heteroatoms. The van der Waals surface area contributed by atoms with Gasteiger partial charge in [0.1, 0.15) is 11.5 Å². The molecule has 6 nitrogen and oxygen atoms in total. The smallest absolute Gasteiger partial charge is 0.267 e. The van der Waals surface area contributed by atoms with Crippen LogP contribution in [0.15, 0.2) is 18.2 Å². The summed E-state index contributed by atoms with van der Waals surface area (Å²) >= 11 is 0. The molecule has 2 atom stereocenters. The largest absolute Gasteiger partial charge is 0.350 e. The fourth-order valence-electron chi connectivity index (χ4n) is 4.53. The molecule has 1 aromatic heterocycles. The molecule has 2 unspecified atom stereocenters. The lowest BCUT2D eigenvalue weighted by Gasteiger charge is -2.37. The lowest BCUT2D eigenvalue weighted by molar-refractivity contribution is -0.130. The first-order valence-electron chi connectivity index (χ1n) is 10.0. The first kappa shape index (κ1) is 18.9. The Morgan fingerprint density at radius 3 is 2.61 bits per heavy atom. The van der Waals surface area contributed by atoms with E-state index in [1.807, 2.05) is 11.8 Å². The molecule has 1 saturated heterocycles. The van der Waals surface area contributed by atoms with Crippen LogP contribution in [0.2, 0.25) is 0 Å². The van der Waals surface area contributed by atoms with Crippen molar-refractivity contribution in [1.82, 2.24) is 20.1 Å². The quantitative estimate of drug-likeness (QED) is 0.851. The van der Waals surface area contributed by atoms with Gasteiger partial charge >= 0.3 is 0 Å². The van der Waals surface area contributed by atoms with Gasteiger partial charge in [0.15, 0.2) is 0 Å². The summed E-state index contributed by atoms with van der Waals surface area (Å²) in [5, 5.41) is 3.56. The number of aromatic amines is 1. The van der Waals surface area contributed by atoms with E-state index in [0.29, 0.717) is 22.6 Å². The highest BCUT2D eigenvalue weighted by atomic mass is 19.1. The van der Waals surface area contributed by atoms with E-state index in [2.05, 4.69) is 15.2 Å². The number of aryl methyl sites for hydroxylation is 1. The Labute approximate surface area is 164 Å². The maximum Gasteiger partial charge on any atom is 0.267 e. The van der Waals surface area contributed by atoms with Crippen LogP contribution in [-0.2, 0) is 4.79 Å². The molecular weight excluding hydrogens is 359 g/mol. The molecule has 1 saturated carbocycles. The van der Waals surface area contributed by atoms with Crippen molar-refractivity contribution in [3.8, 4) is 0 Å². The van der Waals surface area contributed by atoms with Crippen molar-refractivity contribution in [2.75, 3.05) is 26.2 Å². The summed E-state index contributed by atoms with van der Waals surface area (Å²) in [6, 6.07) is 5.31.